The quantitative estimate of drug-likeness (QED) is 0.516. The molecule has 1 amide bonds. The highest BCUT2D eigenvalue weighted by Crippen LogP contribution is 2.25. The fourth-order valence-electron chi connectivity index (χ4n) is 3.35. The second-order valence-electron chi connectivity index (χ2n) is 8.53. The Morgan fingerprint density at radius 1 is 1.03 bits per heavy atom. The van der Waals surface area contributed by atoms with Crippen LogP contribution in [0.4, 0.5) is 5.82 Å². The number of anilines is 1. The Hall–Kier alpha value is -3.35. The number of hydrogen-bond acceptors (Lipinski definition) is 4. The zero-order valence-corrected chi connectivity index (χ0v) is 17.9. The van der Waals surface area contributed by atoms with E-state index in [9.17, 15) is 4.79 Å². The van der Waals surface area contributed by atoms with Crippen molar-refractivity contribution >= 4 is 46.2 Å². The number of rotatable bonds is 4. The van der Waals surface area contributed by atoms with Gasteiger partial charge in [0.2, 0.25) is 0 Å². The van der Waals surface area contributed by atoms with E-state index in [-0.39, 0.29) is 11.0 Å². The van der Waals surface area contributed by atoms with Crippen molar-refractivity contribution in [3.63, 3.8) is 0 Å². The average Bonchev–Trinajstić information content (AvgIpc) is 3.05. The van der Waals surface area contributed by atoms with Crippen LogP contribution in [0.5, 0.6) is 0 Å². The van der Waals surface area contributed by atoms with Gasteiger partial charge in [-0.1, -0.05) is 28.9 Å². The lowest BCUT2D eigenvalue weighted by molar-refractivity contribution is 0.102. The molecule has 0 aliphatic rings. The summed E-state index contributed by atoms with van der Waals surface area (Å²) < 4.78 is 2.04. The third kappa shape index (κ3) is 3.88. The number of carbonyl (C=O) groups excluding carboxylic acids is 1. The summed E-state index contributed by atoms with van der Waals surface area (Å²) in [7, 11) is 8.43. The Balaban J connectivity index is 1.60. The molecule has 1 N–H and O–H groups in total. The van der Waals surface area contributed by atoms with E-state index in [0.29, 0.717) is 11.4 Å². The minimum atomic E-state index is -0.206. The summed E-state index contributed by atoms with van der Waals surface area (Å²) in [5.41, 5.74) is 4.60. The Kier molecular flexibility index (Phi) is 4.98. The summed E-state index contributed by atoms with van der Waals surface area (Å²) in [6.07, 6.45) is 1.86. The summed E-state index contributed by atoms with van der Waals surface area (Å²) in [6.45, 7) is 1.97. The van der Waals surface area contributed by atoms with E-state index in [0.717, 1.165) is 28.0 Å². The predicted molar refractivity (Wildman–Crippen MR) is 128 cm³/mol. The van der Waals surface area contributed by atoms with E-state index in [1.165, 1.54) is 5.56 Å². The lowest BCUT2D eigenvalue weighted by Crippen LogP contribution is -2.27. The van der Waals surface area contributed by atoms with Crippen molar-refractivity contribution in [1.82, 2.24) is 19.7 Å². The number of benzene rings is 2. The number of aryl methyl sites for hydroxylation is 1. The van der Waals surface area contributed by atoms with Gasteiger partial charge >= 0.3 is 0 Å². The van der Waals surface area contributed by atoms with Gasteiger partial charge in [-0.05, 0) is 37.3 Å². The van der Waals surface area contributed by atoms with Crippen molar-refractivity contribution in [3.8, 4) is 11.3 Å². The first-order valence-electron chi connectivity index (χ1n) is 9.90. The number of nitrogens with zero attached hydrogens (tertiary/aromatic N) is 4. The summed E-state index contributed by atoms with van der Waals surface area (Å²) in [5, 5.41) is 12.2. The Labute approximate surface area is 178 Å². The van der Waals surface area contributed by atoms with Gasteiger partial charge in [-0.15, -0.1) is 10.2 Å². The maximum atomic E-state index is 12.7. The van der Waals surface area contributed by atoms with Crippen molar-refractivity contribution < 1.29 is 4.79 Å². The van der Waals surface area contributed by atoms with Gasteiger partial charge in [0.05, 0.1) is 40.9 Å². The zero-order valence-electron chi connectivity index (χ0n) is 17.9. The van der Waals surface area contributed by atoms with Crippen molar-refractivity contribution in [1.29, 1.82) is 0 Å². The third-order valence-electron chi connectivity index (χ3n) is 5.36. The molecule has 30 heavy (non-hydrogen) atoms. The smallest absolute Gasteiger partial charge is 0.256 e. The van der Waals surface area contributed by atoms with Crippen LogP contribution in [0.1, 0.15) is 21.7 Å². The van der Waals surface area contributed by atoms with Crippen LogP contribution in [-0.2, 0) is 12.2 Å². The van der Waals surface area contributed by atoms with Crippen molar-refractivity contribution in [3.05, 3.63) is 71.7 Å². The lowest BCUT2D eigenvalue weighted by atomic mass is 9.40. The second-order valence-corrected chi connectivity index (χ2v) is 8.53. The number of carbonyl (C=O) groups is 1. The molecule has 0 unspecified atom stereocenters. The van der Waals surface area contributed by atoms with Crippen LogP contribution in [-0.4, -0.2) is 49.2 Å². The van der Waals surface area contributed by atoms with Gasteiger partial charge in [-0.2, -0.15) is 0 Å². The predicted octanol–water partition coefficient (Wildman–Crippen LogP) is 0.601. The molecule has 146 valence electrons. The van der Waals surface area contributed by atoms with Crippen LogP contribution in [0.15, 0.2) is 54.7 Å². The molecule has 0 atom stereocenters. The number of hydrogen-bond donors (Lipinski definition) is 1. The molecule has 0 aliphatic carbocycles. The first-order chi connectivity index (χ1) is 14.2. The molecule has 0 saturated heterocycles. The highest BCUT2D eigenvalue weighted by atomic mass is 16.1. The van der Waals surface area contributed by atoms with Crippen LogP contribution in [0.2, 0.25) is 0 Å². The van der Waals surface area contributed by atoms with Crippen LogP contribution < -0.4 is 5.32 Å². The minimum Gasteiger partial charge on any atom is -0.331 e. The topological polar surface area (TPSA) is 72.7 Å². The number of nitrogens with one attached hydrogen (secondary N) is 1. The molecule has 0 radical (unpaired) electrons. The standard InChI is InChI=1S/C21H22B3N5O/c1-12-25-11-18(29(12)2)14-5-8-17-15(9-14)10-19(28-27-17)26-20(30)13-3-6-16(7-4-13)21(22,23)24/h3-11H,22-24H2,1-2H3,(H,26,28,30). The average molecular weight is 393 g/mol. The number of fused-ring (bicyclic) bond motifs is 1. The molecule has 0 fully saturated rings. The number of amides is 1. The summed E-state index contributed by atoms with van der Waals surface area (Å²) in [6, 6.07) is 15.5. The van der Waals surface area contributed by atoms with Gasteiger partial charge < -0.3 is 9.88 Å². The summed E-state index contributed by atoms with van der Waals surface area (Å²) in [4.78, 5) is 17.0. The molecule has 2 aromatic carbocycles. The molecule has 0 spiro atoms. The first kappa shape index (κ1) is 19.9. The maximum Gasteiger partial charge on any atom is 0.256 e. The van der Waals surface area contributed by atoms with Gasteiger partial charge in [0.15, 0.2) is 5.82 Å². The fraction of sp³-hybridized carbons (Fsp3) is 0.143. The fourth-order valence-corrected chi connectivity index (χ4v) is 3.35. The SMILES string of the molecule is BC(B)(B)c1ccc(C(=O)Nc2cc3cc(-c4cnc(C)n4C)ccc3nn2)cc1. The van der Waals surface area contributed by atoms with E-state index in [1.54, 1.807) is 0 Å². The number of aromatic nitrogens is 4. The largest absolute Gasteiger partial charge is 0.331 e. The van der Waals surface area contributed by atoms with Crippen LogP contribution in [0, 0.1) is 6.92 Å². The van der Waals surface area contributed by atoms with Gasteiger partial charge in [0.1, 0.15) is 5.82 Å². The Bertz CT molecular complexity index is 1250. The minimum absolute atomic E-state index is 0.0446. The molecular formula is C21H22B3N5O. The van der Waals surface area contributed by atoms with Crippen LogP contribution in [0.3, 0.4) is 0 Å². The summed E-state index contributed by atoms with van der Waals surface area (Å²) in [5.74, 6) is 1.16. The highest BCUT2D eigenvalue weighted by molar-refractivity contribution is 6.58. The Morgan fingerprint density at radius 2 is 1.77 bits per heavy atom. The molecule has 6 nitrogen and oxygen atoms in total. The first-order valence-corrected chi connectivity index (χ1v) is 9.90. The highest BCUT2D eigenvalue weighted by Gasteiger charge is 2.15. The molecule has 2 aromatic heterocycles. The monoisotopic (exact) mass is 393 g/mol. The molecule has 4 aromatic rings. The number of imidazole rings is 1. The van der Waals surface area contributed by atoms with Crippen LogP contribution in [0.25, 0.3) is 22.2 Å². The van der Waals surface area contributed by atoms with Crippen LogP contribution >= 0.6 is 0 Å². The van der Waals surface area contributed by atoms with E-state index >= 15 is 0 Å². The van der Waals surface area contributed by atoms with Crippen molar-refractivity contribution in [2.24, 2.45) is 7.05 Å². The van der Waals surface area contributed by atoms with Gasteiger partial charge in [-0.25, -0.2) is 4.98 Å². The second kappa shape index (κ2) is 7.48. The molecule has 9 heteroatoms. The van der Waals surface area contributed by atoms with Gasteiger partial charge in [-0.3, -0.25) is 4.79 Å². The Morgan fingerprint density at radius 3 is 2.40 bits per heavy atom. The molecular weight excluding hydrogens is 371 g/mol. The molecule has 0 aliphatic heterocycles. The summed E-state index contributed by atoms with van der Waals surface area (Å²) >= 11 is 0. The molecule has 4 rings (SSSR count). The van der Waals surface area contributed by atoms with E-state index in [1.807, 2.05) is 73.3 Å². The molecule has 0 bridgehead atoms. The van der Waals surface area contributed by atoms with E-state index < -0.39 is 0 Å². The normalized spacial score (nSPS) is 11.5. The van der Waals surface area contributed by atoms with Gasteiger partial charge in [0, 0.05) is 23.6 Å². The van der Waals surface area contributed by atoms with E-state index in [4.69, 9.17) is 0 Å². The molecule has 0 saturated carbocycles. The zero-order chi connectivity index (χ0) is 21.5. The molecule has 2 heterocycles. The maximum absolute atomic E-state index is 12.7. The lowest BCUT2D eigenvalue weighted by Gasteiger charge is -2.18. The van der Waals surface area contributed by atoms with Crippen molar-refractivity contribution in [2.75, 3.05) is 5.32 Å². The van der Waals surface area contributed by atoms with Crippen molar-refractivity contribution in [2.45, 2.75) is 12.0 Å². The van der Waals surface area contributed by atoms with Gasteiger partial charge in [0.25, 0.3) is 5.91 Å². The third-order valence-corrected chi connectivity index (χ3v) is 5.36. The van der Waals surface area contributed by atoms with E-state index in [2.05, 4.69) is 44.0 Å².